The molecule has 0 heterocycles. The Hall–Kier alpha value is -4.25. The van der Waals surface area contributed by atoms with E-state index in [1.165, 1.54) is 37.3 Å². The van der Waals surface area contributed by atoms with Crippen LogP contribution in [0.5, 0.6) is 17.2 Å². The van der Waals surface area contributed by atoms with Gasteiger partial charge in [0.25, 0.3) is 10.0 Å². The van der Waals surface area contributed by atoms with Gasteiger partial charge in [-0.25, -0.2) is 8.42 Å². The van der Waals surface area contributed by atoms with Crippen LogP contribution >= 0.6 is 0 Å². The molecule has 232 valence electrons. The van der Waals surface area contributed by atoms with Gasteiger partial charge in [0.05, 0.1) is 31.4 Å². The summed E-state index contributed by atoms with van der Waals surface area (Å²) in [6.07, 6.45) is 0. The molecule has 3 rings (SSSR count). The summed E-state index contributed by atoms with van der Waals surface area (Å²) in [5.41, 5.74) is 2.06. The van der Waals surface area contributed by atoms with Gasteiger partial charge in [-0.15, -0.1) is 0 Å². The van der Waals surface area contributed by atoms with Gasteiger partial charge in [0.2, 0.25) is 11.8 Å². The van der Waals surface area contributed by atoms with Gasteiger partial charge in [-0.2, -0.15) is 0 Å². The number of methoxy groups -OCH3 is 2. The quantitative estimate of drug-likeness (QED) is 0.285. The molecule has 0 saturated carbocycles. The number of benzene rings is 3. The lowest BCUT2D eigenvalue weighted by molar-refractivity contribution is -0.139. The lowest BCUT2D eigenvalue weighted by Gasteiger charge is -2.32. The zero-order valence-corrected chi connectivity index (χ0v) is 26.6. The van der Waals surface area contributed by atoms with Gasteiger partial charge in [-0.1, -0.05) is 29.8 Å². The molecule has 3 aromatic rings. The van der Waals surface area contributed by atoms with E-state index < -0.39 is 28.5 Å². The predicted molar refractivity (Wildman–Crippen MR) is 166 cm³/mol. The number of aryl methyl sites for hydroxylation is 1. The number of ether oxygens (including phenoxy) is 3. The van der Waals surface area contributed by atoms with E-state index in [2.05, 4.69) is 5.32 Å². The maximum atomic E-state index is 14.2. The third-order valence-electron chi connectivity index (χ3n) is 6.69. The molecule has 3 aromatic carbocycles. The van der Waals surface area contributed by atoms with Crippen LogP contribution in [0, 0.1) is 6.92 Å². The Bertz CT molecular complexity index is 1510. The van der Waals surface area contributed by atoms with E-state index in [1.807, 2.05) is 52.0 Å². The standard InChI is InChI=1S/C32H41N3O7S/c1-8-42-27-14-12-26(13-15-27)35(43(38,39)28-16-17-29(40-6)30(19-28)41-7)21-31(36)34(24(5)32(37)33-22(2)3)20-25-11-9-10-23(4)18-25/h9-19,22,24H,8,20-21H2,1-7H3,(H,33,37)/t24-/m1/s1. The fourth-order valence-corrected chi connectivity index (χ4v) is 5.93. The number of carbonyl (C=O) groups is 2. The van der Waals surface area contributed by atoms with Crippen LogP contribution in [0.4, 0.5) is 5.69 Å². The van der Waals surface area contributed by atoms with Crippen LogP contribution in [0.25, 0.3) is 0 Å². The molecule has 1 N–H and O–H groups in total. The maximum Gasteiger partial charge on any atom is 0.264 e. The van der Waals surface area contributed by atoms with Crippen molar-refractivity contribution in [3.8, 4) is 17.2 Å². The Morgan fingerprint density at radius 2 is 1.58 bits per heavy atom. The SMILES string of the molecule is CCOc1ccc(N(CC(=O)N(Cc2cccc(C)c2)[C@H](C)C(=O)NC(C)C)S(=O)(=O)c2ccc(OC)c(OC)c2)cc1. The van der Waals surface area contributed by atoms with Crippen LogP contribution < -0.4 is 23.8 Å². The van der Waals surface area contributed by atoms with Crippen molar-refractivity contribution < 1.29 is 32.2 Å². The van der Waals surface area contributed by atoms with Crippen molar-refractivity contribution in [2.45, 2.75) is 58.1 Å². The van der Waals surface area contributed by atoms with E-state index in [-0.39, 0.29) is 34.8 Å². The molecule has 43 heavy (non-hydrogen) atoms. The van der Waals surface area contributed by atoms with Crippen LogP contribution in [-0.2, 0) is 26.2 Å². The van der Waals surface area contributed by atoms with Gasteiger partial charge in [0, 0.05) is 18.7 Å². The summed E-state index contributed by atoms with van der Waals surface area (Å²) < 4.78 is 45.5. The molecule has 1 atom stereocenters. The number of hydrogen-bond donors (Lipinski definition) is 1. The third-order valence-corrected chi connectivity index (χ3v) is 8.46. The molecule has 0 radical (unpaired) electrons. The average Bonchev–Trinajstić information content (AvgIpc) is 2.98. The number of amides is 2. The molecule has 0 bridgehead atoms. The van der Waals surface area contributed by atoms with E-state index in [0.717, 1.165) is 15.4 Å². The minimum Gasteiger partial charge on any atom is -0.494 e. The fourth-order valence-electron chi connectivity index (χ4n) is 4.50. The summed E-state index contributed by atoms with van der Waals surface area (Å²) in [4.78, 5) is 28.5. The summed E-state index contributed by atoms with van der Waals surface area (Å²) in [5, 5.41) is 2.85. The van der Waals surface area contributed by atoms with Crippen LogP contribution in [0.3, 0.4) is 0 Å². The molecule has 2 amide bonds. The molecule has 11 heteroatoms. The monoisotopic (exact) mass is 611 g/mol. The minimum absolute atomic E-state index is 0.0948. The Balaban J connectivity index is 2.08. The van der Waals surface area contributed by atoms with Gasteiger partial charge in [-0.05, 0) is 76.6 Å². The number of carbonyl (C=O) groups excluding carboxylic acids is 2. The Kier molecular flexibility index (Phi) is 11.4. The van der Waals surface area contributed by atoms with Gasteiger partial charge in [-0.3, -0.25) is 13.9 Å². The first kappa shape index (κ1) is 33.3. The number of hydrogen-bond acceptors (Lipinski definition) is 7. The van der Waals surface area contributed by atoms with E-state index in [4.69, 9.17) is 14.2 Å². The average molecular weight is 612 g/mol. The second-order valence-corrected chi connectivity index (χ2v) is 12.2. The Morgan fingerprint density at radius 3 is 2.16 bits per heavy atom. The van der Waals surface area contributed by atoms with Crippen molar-refractivity contribution in [2.75, 3.05) is 31.7 Å². The Labute approximate surface area is 254 Å². The summed E-state index contributed by atoms with van der Waals surface area (Å²) in [6.45, 7) is 9.08. The number of rotatable bonds is 14. The number of anilines is 1. The molecule has 0 fully saturated rings. The van der Waals surface area contributed by atoms with Gasteiger partial charge >= 0.3 is 0 Å². The molecule has 10 nitrogen and oxygen atoms in total. The van der Waals surface area contributed by atoms with E-state index in [0.29, 0.717) is 18.1 Å². The van der Waals surface area contributed by atoms with Gasteiger partial charge in [0.1, 0.15) is 18.3 Å². The highest BCUT2D eigenvalue weighted by molar-refractivity contribution is 7.92. The first-order chi connectivity index (χ1) is 20.4. The molecule has 0 spiro atoms. The smallest absolute Gasteiger partial charge is 0.264 e. The highest BCUT2D eigenvalue weighted by Gasteiger charge is 2.33. The highest BCUT2D eigenvalue weighted by Crippen LogP contribution is 2.33. The summed E-state index contributed by atoms with van der Waals surface area (Å²) >= 11 is 0. The largest absolute Gasteiger partial charge is 0.494 e. The van der Waals surface area contributed by atoms with Crippen molar-refractivity contribution in [3.63, 3.8) is 0 Å². The van der Waals surface area contributed by atoms with Gasteiger partial charge < -0.3 is 24.4 Å². The molecule has 0 aromatic heterocycles. The molecule has 0 aliphatic heterocycles. The maximum absolute atomic E-state index is 14.2. The Morgan fingerprint density at radius 1 is 0.907 bits per heavy atom. The summed E-state index contributed by atoms with van der Waals surface area (Å²) in [6, 6.07) is 17.3. The van der Waals surface area contributed by atoms with E-state index in [1.54, 1.807) is 31.2 Å². The first-order valence-electron chi connectivity index (χ1n) is 14.0. The molecule has 0 aliphatic rings. The fraction of sp³-hybridized carbons (Fsp3) is 0.375. The lowest BCUT2D eigenvalue weighted by atomic mass is 10.1. The number of nitrogens with one attached hydrogen (secondary N) is 1. The second kappa shape index (κ2) is 14.8. The zero-order chi connectivity index (χ0) is 31.7. The van der Waals surface area contributed by atoms with Crippen LogP contribution in [-0.4, -0.2) is 64.6 Å². The van der Waals surface area contributed by atoms with E-state index in [9.17, 15) is 18.0 Å². The number of sulfonamides is 1. The molecule has 0 aliphatic carbocycles. The molecular weight excluding hydrogens is 570 g/mol. The lowest BCUT2D eigenvalue weighted by Crippen LogP contribution is -2.52. The highest BCUT2D eigenvalue weighted by atomic mass is 32.2. The van der Waals surface area contributed by atoms with Crippen molar-refractivity contribution in [1.29, 1.82) is 0 Å². The number of nitrogens with zero attached hydrogens (tertiary/aromatic N) is 2. The van der Waals surface area contributed by atoms with Crippen LogP contribution in [0.15, 0.2) is 71.6 Å². The second-order valence-electron chi connectivity index (χ2n) is 10.3. The summed E-state index contributed by atoms with van der Waals surface area (Å²) in [7, 11) is -1.43. The van der Waals surface area contributed by atoms with Crippen LogP contribution in [0.1, 0.15) is 38.8 Å². The minimum atomic E-state index is -4.30. The van der Waals surface area contributed by atoms with Crippen molar-refractivity contribution in [2.24, 2.45) is 0 Å². The molecular formula is C32H41N3O7S. The van der Waals surface area contributed by atoms with Crippen LogP contribution in [0.2, 0.25) is 0 Å². The summed E-state index contributed by atoms with van der Waals surface area (Å²) in [5.74, 6) is 0.249. The topological polar surface area (TPSA) is 114 Å². The predicted octanol–water partition coefficient (Wildman–Crippen LogP) is 4.55. The van der Waals surface area contributed by atoms with E-state index >= 15 is 0 Å². The first-order valence-corrected chi connectivity index (χ1v) is 15.5. The molecule has 0 saturated heterocycles. The van der Waals surface area contributed by atoms with Crippen molar-refractivity contribution in [3.05, 3.63) is 77.9 Å². The zero-order valence-electron chi connectivity index (χ0n) is 25.8. The van der Waals surface area contributed by atoms with Gasteiger partial charge in [0.15, 0.2) is 11.5 Å². The van der Waals surface area contributed by atoms with Crippen molar-refractivity contribution in [1.82, 2.24) is 10.2 Å². The third kappa shape index (κ3) is 8.41. The van der Waals surface area contributed by atoms with Crippen molar-refractivity contribution >= 4 is 27.5 Å². The normalized spacial score (nSPS) is 11.9. The molecule has 0 unspecified atom stereocenters.